The van der Waals surface area contributed by atoms with Crippen LogP contribution in [-0.4, -0.2) is 0 Å². The number of nitrogen functional groups attached to an aromatic ring is 1. The van der Waals surface area contributed by atoms with Gasteiger partial charge in [0.15, 0.2) is 5.82 Å². The Morgan fingerprint density at radius 3 is 2.14 bits per heavy atom. The molecule has 0 fully saturated rings. The first kappa shape index (κ1) is 15.0. The van der Waals surface area contributed by atoms with Gasteiger partial charge in [0.1, 0.15) is 11.6 Å². The van der Waals surface area contributed by atoms with Crippen LogP contribution in [0.25, 0.3) is 0 Å². The molecule has 0 aliphatic carbocycles. The lowest BCUT2D eigenvalue weighted by Gasteiger charge is -2.13. The minimum Gasteiger partial charge on any atom is -0.395 e. The van der Waals surface area contributed by atoms with Crippen LogP contribution in [-0.2, 0) is 6.18 Å². The minimum atomic E-state index is -4.68. The van der Waals surface area contributed by atoms with Crippen LogP contribution < -0.4 is 11.1 Å². The van der Waals surface area contributed by atoms with Crippen LogP contribution in [0.2, 0.25) is 0 Å². The summed E-state index contributed by atoms with van der Waals surface area (Å²) in [7, 11) is 0. The van der Waals surface area contributed by atoms with Gasteiger partial charge in [0.05, 0.1) is 22.6 Å². The molecule has 0 aliphatic heterocycles. The molecular weight excluding hydrogens is 298 g/mol. The highest BCUT2D eigenvalue weighted by molar-refractivity contribution is 5.73. The van der Waals surface area contributed by atoms with Crippen molar-refractivity contribution in [1.29, 1.82) is 0 Å². The van der Waals surface area contributed by atoms with Crippen LogP contribution in [0.4, 0.5) is 43.4 Å². The van der Waals surface area contributed by atoms with Crippen LogP contribution in [0.5, 0.6) is 0 Å². The van der Waals surface area contributed by atoms with Gasteiger partial charge in [-0.3, -0.25) is 0 Å². The Morgan fingerprint density at radius 1 is 0.857 bits per heavy atom. The SMILES string of the molecule is Nc1c(F)cc(F)cc1Nc1cc(C(F)(F)F)ccc1F. The van der Waals surface area contributed by atoms with Crippen molar-refractivity contribution in [2.24, 2.45) is 0 Å². The Hall–Kier alpha value is -2.38. The average molecular weight is 306 g/mol. The Morgan fingerprint density at radius 2 is 1.52 bits per heavy atom. The van der Waals surface area contributed by atoms with Gasteiger partial charge in [-0.05, 0) is 24.3 Å². The molecule has 0 aromatic heterocycles. The zero-order valence-electron chi connectivity index (χ0n) is 10.2. The van der Waals surface area contributed by atoms with E-state index in [4.69, 9.17) is 5.73 Å². The molecule has 0 unspecified atom stereocenters. The summed E-state index contributed by atoms with van der Waals surface area (Å²) in [6.45, 7) is 0. The topological polar surface area (TPSA) is 38.0 Å². The van der Waals surface area contributed by atoms with Crippen molar-refractivity contribution in [3.63, 3.8) is 0 Å². The zero-order chi connectivity index (χ0) is 15.8. The molecule has 0 aliphatic rings. The largest absolute Gasteiger partial charge is 0.416 e. The molecule has 2 rings (SSSR count). The summed E-state index contributed by atoms with van der Waals surface area (Å²) in [5.41, 5.74) is 2.72. The second kappa shape index (κ2) is 5.19. The van der Waals surface area contributed by atoms with Crippen LogP contribution in [0, 0.1) is 17.5 Å². The quantitative estimate of drug-likeness (QED) is 0.635. The van der Waals surface area contributed by atoms with Crippen LogP contribution in [0.1, 0.15) is 5.56 Å². The molecule has 112 valence electrons. The predicted molar refractivity (Wildman–Crippen MR) is 65.5 cm³/mol. The van der Waals surface area contributed by atoms with E-state index in [0.29, 0.717) is 24.3 Å². The van der Waals surface area contributed by atoms with Crippen LogP contribution >= 0.6 is 0 Å². The molecule has 0 atom stereocenters. The fraction of sp³-hybridized carbons (Fsp3) is 0.0769. The van der Waals surface area contributed by atoms with Crippen molar-refractivity contribution < 1.29 is 26.3 Å². The number of benzene rings is 2. The maximum Gasteiger partial charge on any atom is 0.416 e. The smallest absolute Gasteiger partial charge is 0.395 e. The second-order valence-corrected chi connectivity index (χ2v) is 4.17. The van der Waals surface area contributed by atoms with Gasteiger partial charge >= 0.3 is 6.18 Å². The average Bonchev–Trinajstić information content (AvgIpc) is 2.36. The molecule has 0 saturated heterocycles. The Kier molecular flexibility index (Phi) is 3.71. The Balaban J connectivity index is 2.45. The van der Waals surface area contributed by atoms with E-state index in [1.165, 1.54) is 0 Å². The van der Waals surface area contributed by atoms with Crippen molar-refractivity contribution in [3.8, 4) is 0 Å². The number of hydrogen-bond donors (Lipinski definition) is 2. The highest BCUT2D eigenvalue weighted by Gasteiger charge is 2.31. The third-order valence-electron chi connectivity index (χ3n) is 2.66. The molecule has 2 aromatic carbocycles. The van der Waals surface area contributed by atoms with Crippen molar-refractivity contribution in [3.05, 3.63) is 53.3 Å². The number of rotatable bonds is 2. The molecule has 0 heterocycles. The van der Waals surface area contributed by atoms with Gasteiger partial charge in [0.2, 0.25) is 0 Å². The molecule has 8 heteroatoms. The van der Waals surface area contributed by atoms with Gasteiger partial charge in [-0.2, -0.15) is 13.2 Å². The molecule has 21 heavy (non-hydrogen) atoms. The minimum absolute atomic E-state index is 0.370. The highest BCUT2D eigenvalue weighted by atomic mass is 19.4. The maximum absolute atomic E-state index is 13.5. The molecule has 0 amide bonds. The fourth-order valence-corrected chi connectivity index (χ4v) is 1.63. The summed E-state index contributed by atoms with van der Waals surface area (Å²) < 4.78 is 77.5. The third-order valence-corrected chi connectivity index (χ3v) is 2.66. The number of hydrogen-bond acceptors (Lipinski definition) is 2. The van der Waals surface area contributed by atoms with Crippen LogP contribution in [0.3, 0.4) is 0 Å². The predicted octanol–water partition coefficient (Wildman–Crippen LogP) is 4.45. The van der Waals surface area contributed by atoms with Gasteiger partial charge in [-0.25, -0.2) is 13.2 Å². The van der Waals surface area contributed by atoms with E-state index >= 15 is 0 Å². The number of nitrogens with one attached hydrogen (secondary N) is 1. The molecule has 2 nitrogen and oxygen atoms in total. The summed E-state index contributed by atoms with van der Waals surface area (Å²) in [6, 6.07) is 2.88. The lowest BCUT2D eigenvalue weighted by Crippen LogP contribution is -2.07. The molecule has 2 aromatic rings. The summed E-state index contributed by atoms with van der Waals surface area (Å²) >= 11 is 0. The first-order valence-corrected chi connectivity index (χ1v) is 5.57. The van der Waals surface area contributed by atoms with Gasteiger partial charge < -0.3 is 11.1 Å². The molecule has 0 spiro atoms. The summed E-state index contributed by atoms with van der Waals surface area (Å²) in [5, 5.41) is 2.15. The summed E-state index contributed by atoms with van der Waals surface area (Å²) in [5.74, 6) is -3.13. The van der Waals surface area contributed by atoms with E-state index < -0.39 is 40.6 Å². The second-order valence-electron chi connectivity index (χ2n) is 4.17. The number of halogens is 6. The van der Waals surface area contributed by atoms with E-state index in [0.717, 1.165) is 6.07 Å². The van der Waals surface area contributed by atoms with Gasteiger partial charge in [-0.1, -0.05) is 0 Å². The molecule has 3 N–H and O–H groups in total. The number of anilines is 3. The molecular formula is C13H8F6N2. The highest BCUT2D eigenvalue weighted by Crippen LogP contribution is 2.34. The third kappa shape index (κ3) is 3.21. The first-order chi connectivity index (χ1) is 9.68. The summed E-state index contributed by atoms with van der Waals surface area (Å²) in [4.78, 5) is 0. The lowest BCUT2D eigenvalue weighted by atomic mass is 10.1. The normalized spacial score (nSPS) is 11.5. The van der Waals surface area contributed by atoms with Crippen molar-refractivity contribution in [1.82, 2.24) is 0 Å². The van der Waals surface area contributed by atoms with Crippen molar-refractivity contribution in [2.75, 3.05) is 11.1 Å². The lowest BCUT2D eigenvalue weighted by molar-refractivity contribution is -0.137. The number of nitrogens with two attached hydrogens (primary N) is 1. The Labute approximate surface area is 115 Å². The number of alkyl halides is 3. The van der Waals surface area contributed by atoms with E-state index in [2.05, 4.69) is 5.32 Å². The standard InChI is InChI=1S/C13H8F6N2/c14-7-4-9(16)12(20)11(5-7)21-10-3-6(13(17,18)19)1-2-8(10)15/h1-5,21H,20H2. The van der Waals surface area contributed by atoms with Crippen molar-refractivity contribution in [2.45, 2.75) is 6.18 Å². The van der Waals surface area contributed by atoms with E-state index in [1.54, 1.807) is 0 Å². The van der Waals surface area contributed by atoms with Crippen molar-refractivity contribution >= 4 is 17.1 Å². The van der Waals surface area contributed by atoms with E-state index in [9.17, 15) is 26.3 Å². The van der Waals surface area contributed by atoms with E-state index in [1.807, 2.05) is 0 Å². The first-order valence-electron chi connectivity index (χ1n) is 5.57. The Bertz CT molecular complexity index is 681. The summed E-state index contributed by atoms with van der Waals surface area (Å²) in [6.07, 6.45) is -4.68. The van der Waals surface area contributed by atoms with Gasteiger partial charge in [0, 0.05) is 6.07 Å². The van der Waals surface area contributed by atoms with Gasteiger partial charge in [0.25, 0.3) is 0 Å². The zero-order valence-corrected chi connectivity index (χ0v) is 10.2. The molecule has 0 saturated carbocycles. The molecule has 0 radical (unpaired) electrons. The molecule has 0 bridgehead atoms. The fourth-order valence-electron chi connectivity index (χ4n) is 1.63. The van der Waals surface area contributed by atoms with E-state index in [-0.39, 0.29) is 5.69 Å². The van der Waals surface area contributed by atoms with Crippen LogP contribution in [0.15, 0.2) is 30.3 Å². The monoisotopic (exact) mass is 306 g/mol. The van der Waals surface area contributed by atoms with Gasteiger partial charge in [-0.15, -0.1) is 0 Å². The maximum atomic E-state index is 13.5.